The van der Waals surface area contributed by atoms with E-state index in [0.29, 0.717) is 36.7 Å². The number of nitrogens with two attached hydrogens (primary N) is 1. The van der Waals surface area contributed by atoms with Crippen molar-refractivity contribution in [1.82, 2.24) is 4.90 Å². The van der Waals surface area contributed by atoms with Crippen LogP contribution in [0, 0.1) is 11.3 Å². The molecule has 1 amide bonds. The fourth-order valence-corrected chi connectivity index (χ4v) is 3.80. The average molecular weight is 277 g/mol. The van der Waals surface area contributed by atoms with E-state index in [1.54, 1.807) is 0 Å². The molecular formula is C13H15N3O2S. The summed E-state index contributed by atoms with van der Waals surface area (Å²) in [5, 5.41) is 9.66. The number of anilines is 1. The highest BCUT2D eigenvalue weighted by Crippen LogP contribution is 2.35. The molecule has 2 aliphatic rings. The Bertz CT molecular complexity index is 555. The first kappa shape index (κ1) is 12.5. The summed E-state index contributed by atoms with van der Waals surface area (Å²) in [6, 6.07) is 2.16. The molecule has 1 aromatic heterocycles. The molecule has 0 radical (unpaired) electrons. The first-order valence-electron chi connectivity index (χ1n) is 6.41. The number of nitriles is 1. The van der Waals surface area contributed by atoms with E-state index in [9.17, 15) is 4.79 Å². The SMILES string of the molecule is N#Cc1c(N)sc2c1CCN(C(=O)C1CCCO1)C2. The number of hydrogen-bond donors (Lipinski definition) is 1. The second-order valence-corrected chi connectivity index (χ2v) is 6.00. The second kappa shape index (κ2) is 4.83. The van der Waals surface area contributed by atoms with Gasteiger partial charge in [0, 0.05) is 18.0 Å². The molecule has 0 aliphatic carbocycles. The Labute approximate surface area is 115 Å². The normalized spacial score (nSPS) is 22.1. The monoisotopic (exact) mass is 277 g/mol. The van der Waals surface area contributed by atoms with E-state index in [1.165, 1.54) is 11.3 Å². The van der Waals surface area contributed by atoms with Gasteiger partial charge in [-0.2, -0.15) is 5.26 Å². The van der Waals surface area contributed by atoms with Gasteiger partial charge in [-0.05, 0) is 24.8 Å². The third-order valence-corrected chi connectivity index (χ3v) is 4.76. The molecule has 1 aromatic rings. The van der Waals surface area contributed by atoms with Gasteiger partial charge in [0.15, 0.2) is 0 Å². The number of nitrogen functional groups attached to an aromatic ring is 1. The number of amides is 1. The maximum absolute atomic E-state index is 12.3. The Kier molecular flexibility index (Phi) is 3.17. The van der Waals surface area contributed by atoms with Gasteiger partial charge >= 0.3 is 0 Å². The van der Waals surface area contributed by atoms with Crippen LogP contribution in [0.5, 0.6) is 0 Å². The number of rotatable bonds is 1. The first-order chi connectivity index (χ1) is 9.20. The molecule has 3 heterocycles. The minimum atomic E-state index is -0.269. The van der Waals surface area contributed by atoms with Gasteiger partial charge in [-0.15, -0.1) is 11.3 Å². The van der Waals surface area contributed by atoms with E-state index < -0.39 is 0 Å². The number of hydrogen-bond acceptors (Lipinski definition) is 5. The number of nitrogens with zero attached hydrogens (tertiary/aromatic N) is 2. The van der Waals surface area contributed by atoms with Crippen molar-refractivity contribution < 1.29 is 9.53 Å². The van der Waals surface area contributed by atoms with Crippen LogP contribution in [-0.4, -0.2) is 30.1 Å². The molecule has 0 spiro atoms. The van der Waals surface area contributed by atoms with Crippen LogP contribution >= 0.6 is 11.3 Å². The molecule has 1 fully saturated rings. The van der Waals surface area contributed by atoms with E-state index in [4.69, 9.17) is 15.7 Å². The third kappa shape index (κ3) is 2.09. The molecule has 1 atom stereocenters. The van der Waals surface area contributed by atoms with Gasteiger partial charge in [0.2, 0.25) is 0 Å². The summed E-state index contributed by atoms with van der Waals surface area (Å²) in [5.74, 6) is 0.0774. The minimum absolute atomic E-state index is 0.0774. The van der Waals surface area contributed by atoms with E-state index in [0.717, 1.165) is 23.3 Å². The van der Waals surface area contributed by atoms with Crippen LogP contribution in [-0.2, 0) is 22.5 Å². The van der Waals surface area contributed by atoms with Crippen molar-refractivity contribution in [3.8, 4) is 6.07 Å². The highest BCUT2D eigenvalue weighted by Gasteiger charge is 2.32. The van der Waals surface area contributed by atoms with Crippen LogP contribution < -0.4 is 5.73 Å². The lowest BCUT2D eigenvalue weighted by atomic mass is 10.0. The number of fused-ring (bicyclic) bond motifs is 1. The fraction of sp³-hybridized carbons (Fsp3) is 0.538. The van der Waals surface area contributed by atoms with Crippen LogP contribution in [0.3, 0.4) is 0 Å². The summed E-state index contributed by atoms with van der Waals surface area (Å²) in [5.41, 5.74) is 7.47. The Morgan fingerprint density at radius 1 is 1.58 bits per heavy atom. The lowest BCUT2D eigenvalue weighted by Gasteiger charge is -2.28. The van der Waals surface area contributed by atoms with Crippen molar-refractivity contribution in [2.45, 2.75) is 31.9 Å². The molecular weight excluding hydrogens is 262 g/mol. The predicted molar refractivity (Wildman–Crippen MR) is 71.5 cm³/mol. The zero-order valence-corrected chi connectivity index (χ0v) is 11.3. The van der Waals surface area contributed by atoms with Gasteiger partial charge in [-0.25, -0.2) is 0 Å². The Morgan fingerprint density at radius 3 is 3.11 bits per heavy atom. The molecule has 1 unspecified atom stereocenters. The molecule has 0 aromatic carbocycles. The zero-order valence-electron chi connectivity index (χ0n) is 10.5. The number of carbonyl (C=O) groups is 1. The van der Waals surface area contributed by atoms with Crippen molar-refractivity contribution in [2.75, 3.05) is 18.9 Å². The summed E-state index contributed by atoms with van der Waals surface area (Å²) in [7, 11) is 0. The van der Waals surface area contributed by atoms with Crippen LogP contribution in [0.15, 0.2) is 0 Å². The molecule has 100 valence electrons. The average Bonchev–Trinajstić information content (AvgIpc) is 3.03. The minimum Gasteiger partial charge on any atom is -0.389 e. The number of ether oxygens (including phenoxy) is 1. The largest absolute Gasteiger partial charge is 0.389 e. The molecule has 0 bridgehead atoms. The molecule has 1 saturated heterocycles. The van der Waals surface area contributed by atoms with Crippen molar-refractivity contribution >= 4 is 22.2 Å². The number of thiophene rings is 1. The van der Waals surface area contributed by atoms with Crippen molar-refractivity contribution in [3.05, 3.63) is 16.0 Å². The molecule has 2 N–H and O–H groups in total. The first-order valence-corrected chi connectivity index (χ1v) is 7.23. The standard InChI is InChI=1S/C13H15N3O2S/c14-6-9-8-3-4-16(7-11(8)19-12(9)15)13(17)10-2-1-5-18-10/h10H,1-5,7,15H2. The van der Waals surface area contributed by atoms with E-state index in [2.05, 4.69) is 6.07 Å². The van der Waals surface area contributed by atoms with E-state index in [1.807, 2.05) is 4.90 Å². The van der Waals surface area contributed by atoms with E-state index >= 15 is 0 Å². The van der Waals surface area contributed by atoms with Gasteiger partial charge in [0.05, 0.1) is 12.1 Å². The molecule has 2 aliphatic heterocycles. The highest BCUT2D eigenvalue weighted by atomic mass is 32.1. The maximum Gasteiger partial charge on any atom is 0.252 e. The Morgan fingerprint density at radius 2 is 2.42 bits per heavy atom. The lowest BCUT2D eigenvalue weighted by Crippen LogP contribution is -2.41. The van der Waals surface area contributed by atoms with Gasteiger partial charge in [0.25, 0.3) is 5.91 Å². The third-order valence-electron chi connectivity index (χ3n) is 3.71. The van der Waals surface area contributed by atoms with Crippen LogP contribution in [0.2, 0.25) is 0 Å². The maximum atomic E-state index is 12.3. The smallest absolute Gasteiger partial charge is 0.252 e. The second-order valence-electron chi connectivity index (χ2n) is 4.87. The summed E-state index contributed by atoms with van der Waals surface area (Å²) < 4.78 is 5.44. The summed E-state index contributed by atoms with van der Waals surface area (Å²) in [4.78, 5) is 15.2. The highest BCUT2D eigenvalue weighted by molar-refractivity contribution is 7.16. The van der Waals surface area contributed by atoms with Gasteiger partial charge in [0.1, 0.15) is 17.2 Å². The van der Waals surface area contributed by atoms with Crippen molar-refractivity contribution in [3.63, 3.8) is 0 Å². The fourth-order valence-electron chi connectivity index (χ4n) is 2.71. The van der Waals surface area contributed by atoms with Gasteiger partial charge in [-0.3, -0.25) is 4.79 Å². The zero-order chi connectivity index (χ0) is 13.4. The summed E-state index contributed by atoms with van der Waals surface area (Å²) >= 11 is 1.43. The summed E-state index contributed by atoms with van der Waals surface area (Å²) in [6.07, 6.45) is 2.22. The van der Waals surface area contributed by atoms with Crippen molar-refractivity contribution in [1.29, 1.82) is 5.26 Å². The molecule has 0 saturated carbocycles. The lowest BCUT2D eigenvalue weighted by molar-refractivity contribution is -0.141. The van der Waals surface area contributed by atoms with Crippen LogP contribution in [0.1, 0.15) is 28.8 Å². The van der Waals surface area contributed by atoms with Crippen LogP contribution in [0.4, 0.5) is 5.00 Å². The van der Waals surface area contributed by atoms with Crippen molar-refractivity contribution in [2.24, 2.45) is 0 Å². The molecule has 6 heteroatoms. The molecule has 19 heavy (non-hydrogen) atoms. The van der Waals surface area contributed by atoms with E-state index in [-0.39, 0.29) is 12.0 Å². The number of carbonyl (C=O) groups excluding carboxylic acids is 1. The molecule has 3 rings (SSSR count). The van der Waals surface area contributed by atoms with Gasteiger partial charge in [-0.1, -0.05) is 0 Å². The summed E-state index contributed by atoms with van der Waals surface area (Å²) in [6.45, 7) is 1.89. The molecule has 5 nitrogen and oxygen atoms in total. The topological polar surface area (TPSA) is 79.4 Å². The quantitative estimate of drug-likeness (QED) is 0.838. The predicted octanol–water partition coefficient (Wildman–Crippen LogP) is 1.27. The van der Waals surface area contributed by atoms with Gasteiger partial charge < -0.3 is 15.4 Å². The Balaban J connectivity index is 1.79. The van der Waals surface area contributed by atoms with Crippen LogP contribution in [0.25, 0.3) is 0 Å². The Hall–Kier alpha value is -1.58.